The topological polar surface area (TPSA) is 62.8 Å². The molecule has 0 atom stereocenters. The van der Waals surface area contributed by atoms with Gasteiger partial charge in [-0.2, -0.15) is 13.2 Å². The summed E-state index contributed by atoms with van der Waals surface area (Å²) in [6.07, 6.45) is -4.62. The average molecular weight is 402 g/mol. The fourth-order valence-electron chi connectivity index (χ4n) is 2.93. The molecule has 4 nitrogen and oxygen atoms in total. The Bertz CT molecular complexity index is 1230. The first kappa shape index (κ1) is 18.2. The molecule has 3 aromatic carbocycles. The highest BCUT2D eigenvalue weighted by Gasteiger charge is 2.33. The summed E-state index contributed by atoms with van der Waals surface area (Å²) in [4.78, 5) is 6.95. The van der Waals surface area contributed by atoms with Crippen molar-refractivity contribution in [1.82, 2.24) is 9.97 Å². The molecular weight excluding hydrogens is 389 g/mol. The van der Waals surface area contributed by atoms with Crippen LogP contribution in [0.25, 0.3) is 22.4 Å². The van der Waals surface area contributed by atoms with Crippen molar-refractivity contribution >= 4 is 20.9 Å². The number of hydrogen-bond acceptors (Lipinski definition) is 3. The summed E-state index contributed by atoms with van der Waals surface area (Å²) in [5.41, 5.74) is 0.0424. The van der Waals surface area contributed by atoms with Gasteiger partial charge in [-0.25, -0.2) is 13.4 Å². The van der Waals surface area contributed by atoms with E-state index in [2.05, 4.69) is 9.97 Å². The normalized spacial score (nSPS) is 12.4. The summed E-state index contributed by atoms with van der Waals surface area (Å²) >= 11 is 0. The van der Waals surface area contributed by atoms with Crippen LogP contribution in [0.15, 0.2) is 82.6 Å². The zero-order chi connectivity index (χ0) is 19.9. The first-order chi connectivity index (χ1) is 13.3. The number of aromatic nitrogens is 2. The minimum Gasteiger partial charge on any atom is -0.338 e. The quantitative estimate of drug-likeness (QED) is 0.520. The number of nitrogens with one attached hydrogen (secondary N) is 1. The van der Waals surface area contributed by atoms with Gasteiger partial charge in [0.15, 0.2) is 0 Å². The van der Waals surface area contributed by atoms with Crippen LogP contribution in [0.5, 0.6) is 0 Å². The molecule has 0 saturated carbocycles. The zero-order valence-corrected chi connectivity index (χ0v) is 15.1. The Hall–Kier alpha value is -3.13. The van der Waals surface area contributed by atoms with Crippen LogP contribution in [0.1, 0.15) is 5.56 Å². The second-order valence-electron chi connectivity index (χ2n) is 6.13. The van der Waals surface area contributed by atoms with Gasteiger partial charge in [0.2, 0.25) is 9.84 Å². The van der Waals surface area contributed by atoms with Crippen LogP contribution in [0.2, 0.25) is 0 Å². The van der Waals surface area contributed by atoms with Crippen LogP contribution < -0.4 is 0 Å². The summed E-state index contributed by atoms with van der Waals surface area (Å²) in [5, 5.41) is 0. The maximum Gasteiger partial charge on any atom is 0.416 e. The number of sulfone groups is 1. The average Bonchev–Trinajstić information content (AvgIpc) is 3.11. The number of imidazole rings is 1. The lowest BCUT2D eigenvalue weighted by molar-refractivity contribution is -0.137. The van der Waals surface area contributed by atoms with E-state index in [9.17, 15) is 21.6 Å². The summed E-state index contributed by atoms with van der Waals surface area (Å²) in [5.74, 6) is 0.0572. The second-order valence-corrected chi connectivity index (χ2v) is 8.05. The molecule has 0 saturated heterocycles. The molecule has 0 aliphatic carbocycles. The number of nitrogens with zero attached hydrogens (tertiary/aromatic N) is 1. The molecule has 0 fully saturated rings. The predicted octanol–water partition coefficient (Wildman–Crippen LogP) is 5.08. The molecule has 142 valence electrons. The fraction of sp³-hybridized carbons (Fsp3) is 0.0500. The Balaban J connectivity index is 1.99. The number of alkyl halides is 3. The number of H-pyrrole nitrogens is 1. The van der Waals surface area contributed by atoms with Gasteiger partial charge in [-0.05, 0) is 42.5 Å². The van der Waals surface area contributed by atoms with Crippen LogP contribution in [-0.4, -0.2) is 18.4 Å². The number of benzene rings is 3. The standard InChI is InChI=1S/C20H13F3N2O2S/c21-20(22,23)13-10-11-18(28(26,27)14-6-2-1-3-7-14)15(12-13)19-24-16-8-4-5-9-17(16)25-19/h1-12H,(H,24,25). The first-order valence-corrected chi connectivity index (χ1v) is 9.71. The van der Waals surface area contributed by atoms with Gasteiger partial charge in [0.25, 0.3) is 0 Å². The van der Waals surface area contributed by atoms with E-state index in [0.29, 0.717) is 11.0 Å². The molecule has 4 aromatic rings. The monoisotopic (exact) mass is 402 g/mol. The molecule has 1 aromatic heterocycles. The highest BCUT2D eigenvalue weighted by atomic mass is 32.2. The molecule has 0 aliphatic rings. The third kappa shape index (κ3) is 3.16. The van der Waals surface area contributed by atoms with Gasteiger partial charge in [-0.3, -0.25) is 0 Å². The molecule has 1 N–H and O–H groups in total. The third-order valence-electron chi connectivity index (χ3n) is 4.29. The van der Waals surface area contributed by atoms with Gasteiger partial charge < -0.3 is 4.98 Å². The van der Waals surface area contributed by atoms with E-state index >= 15 is 0 Å². The Morgan fingerprint density at radius 3 is 2.21 bits per heavy atom. The molecule has 0 amide bonds. The van der Waals surface area contributed by atoms with Crippen LogP contribution in [0.4, 0.5) is 13.2 Å². The largest absolute Gasteiger partial charge is 0.416 e. The van der Waals surface area contributed by atoms with Crippen molar-refractivity contribution < 1.29 is 21.6 Å². The van der Waals surface area contributed by atoms with E-state index in [-0.39, 0.29) is 21.2 Å². The van der Waals surface area contributed by atoms with E-state index in [1.807, 2.05) is 0 Å². The van der Waals surface area contributed by atoms with Crippen molar-refractivity contribution in [2.75, 3.05) is 0 Å². The Morgan fingerprint density at radius 2 is 1.54 bits per heavy atom. The molecule has 28 heavy (non-hydrogen) atoms. The van der Waals surface area contributed by atoms with Crippen molar-refractivity contribution in [3.63, 3.8) is 0 Å². The SMILES string of the molecule is O=S(=O)(c1ccccc1)c1ccc(C(F)(F)F)cc1-c1nc2ccccc2[nH]1. The number of para-hydroxylation sites is 2. The zero-order valence-electron chi connectivity index (χ0n) is 14.2. The molecule has 8 heteroatoms. The van der Waals surface area contributed by atoms with Crippen LogP contribution >= 0.6 is 0 Å². The fourth-order valence-corrected chi connectivity index (χ4v) is 4.39. The van der Waals surface area contributed by atoms with Gasteiger partial charge in [-0.15, -0.1) is 0 Å². The van der Waals surface area contributed by atoms with Gasteiger partial charge in [0.05, 0.1) is 26.4 Å². The van der Waals surface area contributed by atoms with Crippen molar-refractivity contribution in [2.24, 2.45) is 0 Å². The van der Waals surface area contributed by atoms with E-state index in [1.165, 1.54) is 12.1 Å². The summed E-state index contributed by atoms with van der Waals surface area (Å²) in [6.45, 7) is 0. The van der Waals surface area contributed by atoms with E-state index in [0.717, 1.165) is 18.2 Å². The molecule has 1 heterocycles. The minimum atomic E-state index is -4.62. The lowest BCUT2D eigenvalue weighted by atomic mass is 10.1. The van der Waals surface area contributed by atoms with E-state index in [1.54, 1.807) is 42.5 Å². The maximum atomic E-state index is 13.3. The van der Waals surface area contributed by atoms with Crippen LogP contribution in [0.3, 0.4) is 0 Å². The Morgan fingerprint density at radius 1 is 0.857 bits per heavy atom. The Labute approximate surface area is 158 Å². The molecule has 0 radical (unpaired) electrons. The van der Waals surface area contributed by atoms with Crippen LogP contribution in [0, 0.1) is 0 Å². The van der Waals surface area contributed by atoms with Crippen molar-refractivity contribution in [3.8, 4) is 11.4 Å². The third-order valence-corrected chi connectivity index (χ3v) is 6.12. The number of aromatic amines is 1. The van der Waals surface area contributed by atoms with Gasteiger partial charge in [0, 0.05) is 5.56 Å². The Kier molecular flexibility index (Phi) is 4.23. The van der Waals surface area contributed by atoms with Crippen molar-refractivity contribution in [2.45, 2.75) is 16.0 Å². The molecular formula is C20H13F3N2O2S. The highest BCUT2D eigenvalue weighted by Crippen LogP contribution is 2.37. The molecule has 0 unspecified atom stereocenters. The van der Waals surface area contributed by atoms with Crippen molar-refractivity contribution in [3.05, 3.63) is 78.4 Å². The number of halogens is 3. The van der Waals surface area contributed by atoms with Crippen LogP contribution in [-0.2, 0) is 16.0 Å². The minimum absolute atomic E-state index is 0.00730. The summed E-state index contributed by atoms with van der Waals surface area (Å²) in [7, 11) is -4.04. The molecule has 0 bridgehead atoms. The van der Waals surface area contributed by atoms with Gasteiger partial charge >= 0.3 is 6.18 Å². The molecule has 0 aliphatic heterocycles. The first-order valence-electron chi connectivity index (χ1n) is 8.23. The van der Waals surface area contributed by atoms with Gasteiger partial charge in [-0.1, -0.05) is 30.3 Å². The molecule has 4 rings (SSSR count). The summed E-state index contributed by atoms with van der Waals surface area (Å²) < 4.78 is 65.9. The predicted molar refractivity (Wildman–Crippen MR) is 98.4 cm³/mol. The number of hydrogen-bond donors (Lipinski definition) is 1. The maximum absolute atomic E-state index is 13.3. The lowest BCUT2D eigenvalue weighted by Gasteiger charge is -2.13. The van der Waals surface area contributed by atoms with Crippen molar-refractivity contribution in [1.29, 1.82) is 0 Å². The number of fused-ring (bicyclic) bond motifs is 1. The highest BCUT2D eigenvalue weighted by molar-refractivity contribution is 7.91. The van der Waals surface area contributed by atoms with Gasteiger partial charge in [0.1, 0.15) is 5.82 Å². The van der Waals surface area contributed by atoms with E-state index in [4.69, 9.17) is 0 Å². The lowest BCUT2D eigenvalue weighted by Crippen LogP contribution is -2.09. The molecule has 0 spiro atoms. The second kappa shape index (κ2) is 6.49. The van der Waals surface area contributed by atoms with E-state index < -0.39 is 21.6 Å². The summed E-state index contributed by atoms with van der Waals surface area (Å²) in [6, 6.07) is 17.0. The smallest absolute Gasteiger partial charge is 0.338 e. The number of rotatable bonds is 3.